The Kier molecular flexibility index (Phi) is 7.87. The molecule has 0 spiro atoms. The van der Waals surface area contributed by atoms with Crippen LogP contribution in [0.2, 0.25) is 0 Å². The van der Waals surface area contributed by atoms with Crippen LogP contribution in [0, 0.1) is 0 Å². The molecule has 2 rings (SSSR count). The maximum Gasteiger partial charge on any atom is 0.435 e. The number of hydrogen-bond donors (Lipinski definition) is 0. The van der Waals surface area contributed by atoms with E-state index in [0.717, 1.165) is 17.9 Å². The Morgan fingerprint density at radius 1 is 1.18 bits per heavy atom. The number of benzene rings is 1. The number of hydrogen-bond acceptors (Lipinski definition) is 5. The highest BCUT2D eigenvalue weighted by Gasteiger charge is 2.42. The topological polar surface area (TPSA) is 65.1 Å². The molecule has 1 aliphatic heterocycles. The lowest BCUT2D eigenvalue weighted by atomic mass is 9.86. The van der Waals surface area contributed by atoms with Crippen molar-refractivity contribution in [3.8, 4) is 0 Å². The minimum atomic E-state index is -0.788. The van der Waals surface area contributed by atoms with Crippen molar-refractivity contribution in [3.63, 3.8) is 0 Å². The van der Waals surface area contributed by atoms with E-state index in [1.807, 2.05) is 18.2 Å². The van der Waals surface area contributed by atoms with E-state index in [9.17, 15) is 9.59 Å². The molecular weight excluding hydrogens is 358 g/mol. The van der Waals surface area contributed by atoms with Gasteiger partial charge in [0.05, 0.1) is 12.7 Å². The fourth-order valence-corrected chi connectivity index (χ4v) is 3.49. The van der Waals surface area contributed by atoms with Crippen molar-refractivity contribution in [2.24, 2.45) is 0 Å². The zero-order chi connectivity index (χ0) is 20.7. The zero-order valence-electron chi connectivity index (χ0n) is 17.6. The van der Waals surface area contributed by atoms with Gasteiger partial charge in [-0.15, -0.1) is 0 Å². The van der Waals surface area contributed by atoms with Crippen LogP contribution in [0.1, 0.15) is 71.8 Å². The van der Waals surface area contributed by atoms with E-state index in [2.05, 4.69) is 19.1 Å². The number of hydroxylamine groups is 2. The Morgan fingerprint density at radius 3 is 2.43 bits per heavy atom. The molecule has 0 unspecified atom stereocenters. The average Bonchev–Trinajstić information content (AvgIpc) is 2.65. The molecule has 1 aliphatic rings. The van der Waals surface area contributed by atoms with Crippen molar-refractivity contribution >= 4 is 12.1 Å². The van der Waals surface area contributed by atoms with Crippen molar-refractivity contribution < 1.29 is 23.9 Å². The quantitative estimate of drug-likeness (QED) is 0.650. The van der Waals surface area contributed by atoms with Gasteiger partial charge in [-0.2, -0.15) is 5.06 Å². The number of carbonyl (C=O) groups is 2. The maximum absolute atomic E-state index is 12.8. The van der Waals surface area contributed by atoms with E-state index in [0.29, 0.717) is 12.8 Å². The summed E-state index contributed by atoms with van der Waals surface area (Å²) < 4.78 is 10.6. The first kappa shape index (κ1) is 22.2. The van der Waals surface area contributed by atoms with E-state index in [1.165, 1.54) is 5.56 Å². The molecule has 1 saturated heterocycles. The molecule has 156 valence electrons. The summed E-state index contributed by atoms with van der Waals surface area (Å²) >= 11 is 0. The second-order valence-electron chi connectivity index (χ2n) is 8.10. The van der Waals surface area contributed by atoms with Crippen LogP contribution in [0.5, 0.6) is 0 Å². The largest absolute Gasteiger partial charge is 0.464 e. The summed E-state index contributed by atoms with van der Waals surface area (Å²) in [5.41, 5.74) is 0.488. The molecule has 0 aromatic heterocycles. The minimum Gasteiger partial charge on any atom is -0.464 e. The number of amides is 1. The van der Waals surface area contributed by atoms with Gasteiger partial charge in [0.25, 0.3) is 0 Å². The van der Waals surface area contributed by atoms with Gasteiger partial charge in [0, 0.05) is 5.92 Å². The Morgan fingerprint density at radius 2 is 1.86 bits per heavy atom. The van der Waals surface area contributed by atoms with Gasteiger partial charge in [0.15, 0.2) is 6.04 Å². The summed E-state index contributed by atoms with van der Waals surface area (Å²) in [6, 6.07) is 9.38. The molecule has 1 amide bonds. The Bertz CT molecular complexity index is 640. The van der Waals surface area contributed by atoms with Crippen molar-refractivity contribution in [1.82, 2.24) is 5.06 Å². The molecule has 0 aliphatic carbocycles. The van der Waals surface area contributed by atoms with Crippen molar-refractivity contribution in [3.05, 3.63) is 35.9 Å². The fourth-order valence-electron chi connectivity index (χ4n) is 3.49. The highest BCUT2D eigenvalue weighted by atomic mass is 16.7. The summed E-state index contributed by atoms with van der Waals surface area (Å²) in [7, 11) is 0. The van der Waals surface area contributed by atoms with Gasteiger partial charge in [-0.3, -0.25) is 4.84 Å². The van der Waals surface area contributed by atoms with Crippen molar-refractivity contribution in [2.75, 3.05) is 6.61 Å². The first-order chi connectivity index (χ1) is 13.3. The first-order valence-electron chi connectivity index (χ1n) is 10.2. The number of carbonyl (C=O) groups excluding carboxylic acids is 2. The number of ether oxygens (including phenoxy) is 2. The van der Waals surface area contributed by atoms with Crippen LogP contribution >= 0.6 is 0 Å². The first-order valence-corrected chi connectivity index (χ1v) is 10.2. The standard InChI is InChI=1S/C22H33NO5/c1-6-11-17(16-12-9-8-10-13-16)19-15-14-18(20(24)26-7-2)23(28-19)21(25)27-22(3,4)5/h8-10,12-13,17-19H,6-7,11,14-15H2,1-5H3/t17-,18-,19+/m1/s1. The third-order valence-corrected chi connectivity index (χ3v) is 4.66. The third kappa shape index (κ3) is 5.96. The van der Waals surface area contributed by atoms with Gasteiger partial charge in [-0.25, -0.2) is 9.59 Å². The summed E-state index contributed by atoms with van der Waals surface area (Å²) in [5, 5.41) is 1.10. The summed E-state index contributed by atoms with van der Waals surface area (Å²) in [6.07, 6.45) is 2.21. The monoisotopic (exact) mass is 391 g/mol. The van der Waals surface area contributed by atoms with Crippen LogP contribution in [-0.2, 0) is 19.1 Å². The average molecular weight is 392 g/mol. The number of rotatable bonds is 6. The van der Waals surface area contributed by atoms with E-state index in [-0.39, 0.29) is 18.6 Å². The van der Waals surface area contributed by atoms with Crippen molar-refractivity contribution in [2.45, 2.75) is 84.0 Å². The number of esters is 1. The van der Waals surface area contributed by atoms with Crippen LogP contribution < -0.4 is 0 Å². The van der Waals surface area contributed by atoms with Crippen LogP contribution in [0.3, 0.4) is 0 Å². The maximum atomic E-state index is 12.8. The lowest BCUT2D eigenvalue weighted by Crippen LogP contribution is -2.53. The zero-order valence-corrected chi connectivity index (χ0v) is 17.6. The number of nitrogens with zero attached hydrogens (tertiary/aromatic N) is 1. The van der Waals surface area contributed by atoms with Gasteiger partial charge in [-0.05, 0) is 52.5 Å². The molecule has 1 heterocycles. The summed E-state index contributed by atoms with van der Waals surface area (Å²) in [5.74, 6) is -0.321. The highest BCUT2D eigenvalue weighted by molar-refractivity contribution is 5.81. The molecule has 0 saturated carbocycles. The molecule has 6 nitrogen and oxygen atoms in total. The molecular formula is C22H33NO5. The van der Waals surface area contributed by atoms with Gasteiger partial charge in [0.2, 0.25) is 0 Å². The van der Waals surface area contributed by atoms with Crippen LogP contribution in [-0.4, -0.2) is 41.5 Å². The smallest absolute Gasteiger partial charge is 0.435 e. The fraction of sp³-hybridized carbons (Fsp3) is 0.636. The lowest BCUT2D eigenvalue weighted by molar-refractivity contribution is -0.238. The molecule has 1 aromatic carbocycles. The van der Waals surface area contributed by atoms with Crippen LogP contribution in [0.15, 0.2) is 30.3 Å². The second kappa shape index (κ2) is 9.92. The SMILES string of the molecule is CCC[C@H](c1ccccc1)[C@@H]1CC[C@H](C(=O)OCC)N(C(=O)OC(C)(C)C)O1. The highest BCUT2D eigenvalue weighted by Crippen LogP contribution is 2.35. The van der Waals surface area contributed by atoms with Crippen LogP contribution in [0.4, 0.5) is 4.79 Å². The molecule has 1 aromatic rings. The minimum absolute atomic E-state index is 0.138. The molecule has 1 fully saturated rings. The second-order valence-corrected chi connectivity index (χ2v) is 8.10. The molecule has 0 N–H and O–H groups in total. The molecule has 28 heavy (non-hydrogen) atoms. The lowest BCUT2D eigenvalue weighted by Gasteiger charge is -2.40. The van der Waals surface area contributed by atoms with E-state index >= 15 is 0 Å². The molecule has 0 radical (unpaired) electrons. The van der Waals surface area contributed by atoms with Crippen LogP contribution in [0.25, 0.3) is 0 Å². The Hall–Kier alpha value is -2.08. The van der Waals surface area contributed by atoms with E-state index in [4.69, 9.17) is 14.3 Å². The van der Waals surface area contributed by atoms with E-state index in [1.54, 1.807) is 27.7 Å². The summed E-state index contributed by atoms with van der Waals surface area (Å²) in [4.78, 5) is 31.3. The predicted octanol–water partition coefficient (Wildman–Crippen LogP) is 4.83. The molecule has 6 heteroatoms. The Labute approximate surface area is 168 Å². The van der Waals surface area contributed by atoms with Gasteiger partial charge in [-0.1, -0.05) is 43.7 Å². The third-order valence-electron chi connectivity index (χ3n) is 4.66. The predicted molar refractivity (Wildman–Crippen MR) is 107 cm³/mol. The molecule has 0 bridgehead atoms. The molecule has 3 atom stereocenters. The van der Waals surface area contributed by atoms with Gasteiger partial charge < -0.3 is 9.47 Å². The normalized spacial score (nSPS) is 21.1. The van der Waals surface area contributed by atoms with Gasteiger partial charge >= 0.3 is 12.1 Å². The van der Waals surface area contributed by atoms with E-state index < -0.39 is 23.7 Å². The Balaban J connectivity index is 2.25. The van der Waals surface area contributed by atoms with Crippen molar-refractivity contribution in [1.29, 1.82) is 0 Å². The van der Waals surface area contributed by atoms with Gasteiger partial charge in [0.1, 0.15) is 5.60 Å². The summed E-state index contributed by atoms with van der Waals surface area (Å²) in [6.45, 7) is 9.49.